The Morgan fingerprint density at radius 2 is 1.46 bits per heavy atom. The lowest BCUT2D eigenvalue weighted by Gasteiger charge is -2.37. The first-order valence-electron chi connectivity index (χ1n) is 21.6. The van der Waals surface area contributed by atoms with Gasteiger partial charge in [-0.15, -0.1) is 0 Å². The fourth-order valence-electron chi connectivity index (χ4n) is 7.66. The number of aliphatic hydroxyl groups is 2. The molecule has 0 saturated carbocycles. The van der Waals surface area contributed by atoms with Crippen LogP contribution < -0.4 is 37.3 Å². The van der Waals surface area contributed by atoms with Crippen molar-refractivity contribution in [2.45, 2.75) is 71.6 Å². The molecule has 63 heavy (non-hydrogen) atoms. The molecule has 0 spiro atoms. The Bertz CT molecular complexity index is 2420. The molecular weight excluding hydrogens is 801 g/mol. The van der Waals surface area contributed by atoms with Gasteiger partial charge in [-0.3, -0.25) is 14.4 Å². The standard InChI is InChI=1S/C49H60N6O8/c1-4-61-23-20-54-44-27-36(34-10-8-33(31-56)9-11-34)12-14-39(44)26-41(49(54)60)30-53-43(47(51)58)7-6-22-62-24-21-55-45-28-37(35-16-18-42(19-17-35)63-5-2)13-15-38(45)25-40(48(55)59)29-52-32(3)46(50)57/h8-19,25-28,32,43,49,52-53,56,60H,4-7,20-24,29-31H2,1-3H3,(H2,50,57)(H2,51,58). The highest BCUT2D eigenvalue weighted by Crippen LogP contribution is 2.35. The number of nitrogens with two attached hydrogens (primary N) is 2. The largest absolute Gasteiger partial charge is 0.494 e. The summed E-state index contributed by atoms with van der Waals surface area (Å²) in [5.74, 6) is -0.240. The number of pyridine rings is 1. The quantitative estimate of drug-likeness (QED) is 0.0470. The Balaban J connectivity index is 1.10. The minimum Gasteiger partial charge on any atom is -0.494 e. The number of amides is 2. The lowest BCUT2D eigenvalue weighted by Crippen LogP contribution is -2.47. The molecule has 8 N–H and O–H groups in total. The monoisotopic (exact) mass is 860 g/mol. The maximum atomic E-state index is 13.9. The van der Waals surface area contributed by atoms with E-state index in [0.717, 1.165) is 55.7 Å². The van der Waals surface area contributed by atoms with Gasteiger partial charge in [-0.1, -0.05) is 60.7 Å². The highest BCUT2D eigenvalue weighted by Gasteiger charge is 2.28. The van der Waals surface area contributed by atoms with Crippen molar-refractivity contribution in [3.63, 3.8) is 0 Å². The SMILES string of the molecule is CCOCCN1c2cc(-c3ccc(CO)cc3)ccc2C=C(CNC(CCCOCCn2c(=O)c(CNC(C)C(N)=O)cc3ccc(-c4ccc(OCC)cc4)cc32)C(N)=O)C1O. The molecule has 1 aromatic heterocycles. The number of anilines is 1. The molecule has 5 aromatic rings. The van der Waals surface area contributed by atoms with Gasteiger partial charge in [-0.2, -0.15) is 0 Å². The van der Waals surface area contributed by atoms with Crippen LogP contribution >= 0.6 is 0 Å². The van der Waals surface area contributed by atoms with E-state index in [9.17, 15) is 24.6 Å². The van der Waals surface area contributed by atoms with E-state index in [0.29, 0.717) is 57.0 Å². The van der Waals surface area contributed by atoms with Crippen molar-refractivity contribution in [2.24, 2.45) is 11.5 Å². The highest BCUT2D eigenvalue weighted by atomic mass is 16.5. The molecule has 0 saturated heterocycles. The minimum atomic E-state index is -0.966. The zero-order chi connectivity index (χ0) is 44.9. The zero-order valence-corrected chi connectivity index (χ0v) is 36.3. The van der Waals surface area contributed by atoms with Crippen molar-refractivity contribution in [1.82, 2.24) is 15.2 Å². The third kappa shape index (κ3) is 12.0. The van der Waals surface area contributed by atoms with Crippen molar-refractivity contribution in [1.29, 1.82) is 0 Å². The van der Waals surface area contributed by atoms with Gasteiger partial charge in [-0.25, -0.2) is 0 Å². The van der Waals surface area contributed by atoms with Crippen molar-refractivity contribution in [2.75, 3.05) is 51.0 Å². The summed E-state index contributed by atoms with van der Waals surface area (Å²) in [6, 6.07) is 28.1. The molecule has 2 amide bonds. The van der Waals surface area contributed by atoms with Crippen LogP contribution in [-0.4, -0.2) is 91.0 Å². The molecule has 0 aliphatic carbocycles. The second kappa shape index (κ2) is 22.5. The summed E-state index contributed by atoms with van der Waals surface area (Å²) < 4.78 is 19.0. The van der Waals surface area contributed by atoms with E-state index in [1.54, 1.807) is 11.5 Å². The predicted octanol–water partition coefficient (Wildman–Crippen LogP) is 4.69. The molecule has 3 atom stereocenters. The number of carbonyl (C=O) groups excluding carboxylic acids is 2. The summed E-state index contributed by atoms with van der Waals surface area (Å²) in [4.78, 5) is 40.2. The second-order valence-corrected chi connectivity index (χ2v) is 15.6. The van der Waals surface area contributed by atoms with Crippen LogP contribution in [0.3, 0.4) is 0 Å². The molecule has 1 aliphatic heterocycles. The average Bonchev–Trinajstić information content (AvgIpc) is 3.29. The van der Waals surface area contributed by atoms with Crippen LogP contribution in [0.25, 0.3) is 39.2 Å². The number of nitrogens with one attached hydrogen (secondary N) is 2. The maximum absolute atomic E-state index is 13.9. The molecular formula is C49H60N6O8. The Labute approximate surface area is 368 Å². The van der Waals surface area contributed by atoms with Crippen LogP contribution in [0.1, 0.15) is 50.3 Å². The van der Waals surface area contributed by atoms with Gasteiger partial charge in [0.05, 0.1) is 44.0 Å². The average molecular weight is 861 g/mol. The van der Waals surface area contributed by atoms with Crippen molar-refractivity contribution >= 4 is 34.5 Å². The number of ether oxygens (including phenoxy) is 3. The van der Waals surface area contributed by atoms with E-state index in [-0.39, 0.29) is 38.4 Å². The Hall–Kier alpha value is -5.87. The van der Waals surface area contributed by atoms with Gasteiger partial charge in [0.2, 0.25) is 11.8 Å². The molecule has 4 aromatic carbocycles. The molecule has 0 fully saturated rings. The van der Waals surface area contributed by atoms with Crippen molar-refractivity contribution < 1.29 is 34.0 Å². The van der Waals surface area contributed by atoms with Crippen LogP contribution in [0.15, 0.2) is 101 Å². The topological polar surface area (TPSA) is 204 Å². The van der Waals surface area contributed by atoms with Crippen LogP contribution in [0.2, 0.25) is 0 Å². The van der Waals surface area contributed by atoms with Crippen LogP contribution in [0, 0.1) is 0 Å². The maximum Gasteiger partial charge on any atom is 0.255 e. The molecule has 1 aliphatic rings. The fraction of sp³-hybridized carbons (Fsp3) is 0.367. The van der Waals surface area contributed by atoms with Crippen molar-refractivity contribution in [3.05, 3.63) is 124 Å². The zero-order valence-electron chi connectivity index (χ0n) is 36.3. The number of rotatable bonds is 24. The number of aliphatic hydroxyl groups excluding tert-OH is 2. The Morgan fingerprint density at radius 3 is 2.14 bits per heavy atom. The van der Waals surface area contributed by atoms with E-state index in [1.807, 2.05) is 116 Å². The molecule has 0 bridgehead atoms. The van der Waals surface area contributed by atoms with E-state index < -0.39 is 30.1 Å². The Morgan fingerprint density at radius 1 is 0.778 bits per heavy atom. The van der Waals surface area contributed by atoms with Crippen LogP contribution in [-0.2, 0) is 38.8 Å². The number of nitrogens with zero attached hydrogens (tertiary/aromatic N) is 2. The smallest absolute Gasteiger partial charge is 0.255 e. The van der Waals surface area contributed by atoms with E-state index in [4.69, 9.17) is 25.7 Å². The third-order valence-corrected chi connectivity index (χ3v) is 11.3. The van der Waals surface area contributed by atoms with E-state index >= 15 is 0 Å². The van der Waals surface area contributed by atoms with E-state index in [1.165, 1.54) is 0 Å². The van der Waals surface area contributed by atoms with Gasteiger partial charge in [-0.05, 0) is 114 Å². The summed E-state index contributed by atoms with van der Waals surface area (Å²) in [5.41, 5.74) is 19.5. The molecule has 3 unspecified atom stereocenters. The number of fused-ring (bicyclic) bond motifs is 2. The van der Waals surface area contributed by atoms with Gasteiger partial charge in [0.25, 0.3) is 5.56 Å². The second-order valence-electron chi connectivity index (χ2n) is 15.6. The van der Waals surface area contributed by atoms with Crippen molar-refractivity contribution in [3.8, 4) is 28.0 Å². The highest BCUT2D eigenvalue weighted by molar-refractivity contribution is 5.86. The molecule has 14 heteroatoms. The number of aromatic nitrogens is 1. The minimum absolute atomic E-state index is 0.0275. The summed E-state index contributed by atoms with van der Waals surface area (Å²) >= 11 is 0. The van der Waals surface area contributed by atoms with Gasteiger partial charge >= 0.3 is 0 Å². The van der Waals surface area contributed by atoms with Gasteiger partial charge in [0.15, 0.2) is 6.23 Å². The molecule has 14 nitrogen and oxygen atoms in total. The molecule has 0 radical (unpaired) electrons. The normalized spacial score (nSPS) is 14.6. The van der Waals surface area contributed by atoms with E-state index in [2.05, 4.69) is 10.6 Å². The lowest BCUT2D eigenvalue weighted by molar-refractivity contribution is -0.120. The third-order valence-electron chi connectivity index (χ3n) is 11.3. The summed E-state index contributed by atoms with van der Waals surface area (Å²) in [6.07, 6.45) is 1.89. The first kappa shape index (κ1) is 46.6. The number of primary amides is 2. The van der Waals surface area contributed by atoms with Gasteiger partial charge < -0.3 is 56.0 Å². The molecule has 334 valence electrons. The number of hydrogen-bond acceptors (Lipinski definition) is 11. The number of carbonyl (C=O) groups is 2. The first-order valence-corrected chi connectivity index (χ1v) is 21.6. The van der Waals surface area contributed by atoms with Gasteiger partial charge in [0, 0.05) is 50.6 Å². The fourth-order valence-corrected chi connectivity index (χ4v) is 7.66. The number of hydrogen-bond donors (Lipinski definition) is 6. The predicted molar refractivity (Wildman–Crippen MR) is 247 cm³/mol. The van der Waals surface area contributed by atoms with Crippen LogP contribution in [0.5, 0.6) is 5.75 Å². The Kier molecular flexibility index (Phi) is 16.6. The summed E-state index contributed by atoms with van der Waals surface area (Å²) in [7, 11) is 0. The first-order chi connectivity index (χ1) is 30.5. The number of benzene rings is 4. The van der Waals surface area contributed by atoms with Crippen LogP contribution in [0.4, 0.5) is 5.69 Å². The lowest BCUT2D eigenvalue weighted by atomic mass is 9.96. The molecule has 2 heterocycles. The molecule has 6 rings (SSSR count). The van der Waals surface area contributed by atoms with Gasteiger partial charge in [0.1, 0.15) is 5.75 Å². The summed E-state index contributed by atoms with van der Waals surface area (Å²) in [6.45, 7) is 8.69. The summed E-state index contributed by atoms with van der Waals surface area (Å²) in [5, 5.41) is 28.3.